The van der Waals surface area contributed by atoms with E-state index in [2.05, 4.69) is 29.4 Å². The zero-order chi connectivity index (χ0) is 28.9. The molecule has 40 heavy (non-hydrogen) atoms. The number of H-pyrrole nitrogens is 1. The highest BCUT2D eigenvalue weighted by atomic mass is 16.6. The molecule has 1 aromatic heterocycles. The lowest BCUT2D eigenvalue weighted by Crippen LogP contribution is -2.34. The molecular weight excluding hydrogens is 504 g/mol. The first-order valence-electron chi connectivity index (χ1n) is 13.3. The number of hydrogen-bond donors (Lipinski definition) is 2. The van der Waals surface area contributed by atoms with Gasteiger partial charge in [-0.3, -0.25) is 5.10 Å². The summed E-state index contributed by atoms with van der Waals surface area (Å²) >= 11 is 0. The van der Waals surface area contributed by atoms with E-state index >= 15 is 0 Å². The smallest absolute Gasteiger partial charge is 0.420 e. The number of nitrogens with one attached hydrogen (secondary N) is 2. The number of benzene rings is 3. The standard InChI is InChI=1S/C32H38N4O4/c1-21(2)33-20-22-8-14-25(15-9-22)36(31(37)40-32(3,4)5)30-19-28(34-35-30)24-12-10-23(11-13-24)27-17-16-26(38-6)18-29(27)39-7/h8-19,21,33H,20H2,1-7H3,(H,34,35). The van der Waals surface area contributed by atoms with E-state index in [0.29, 0.717) is 17.5 Å². The molecule has 3 aromatic carbocycles. The lowest BCUT2D eigenvalue weighted by Gasteiger charge is -2.26. The number of ether oxygens (including phenoxy) is 3. The number of anilines is 2. The number of carbonyl (C=O) groups excluding carboxylic acids is 1. The van der Waals surface area contributed by atoms with Crippen LogP contribution in [0, 0.1) is 0 Å². The summed E-state index contributed by atoms with van der Waals surface area (Å²) in [6, 6.07) is 23.9. The Morgan fingerprint density at radius 1 is 0.925 bits per heavy atom. The van der Waals surface area contributed by atoms with Crippen LogP contribution >= 0.6 is 0 Å². The second kappa shape index (κ2) is 12.3. The molecule has 4 rings (SSSR count). The first-order valence-corrected chi connectivity index (χ1v) is 13.3. The quantitative estimate of drug-likeness (QED) is 0.230. The summed E-state index contributed by atoms with van der Waals surface area (Å²) in [4.78, 5) is 14.8. The van der Waals surface area contributed by atoms with E-state index in [4.69, 9.17) is 14.2 Å². The highest BCUT2D eigenvalue weighted by molar-refractivity contribution is 5.95. The van der Waals surface area contributed by atoms with E-state index < -0.39 is 11.7 Å². The zero-order valence-electron chi connectivity index (χ0n) is 24.2. The Morgan fingerprint density at radius 2 is 1.60 bits per heavy atom. The van der Waals surface area contributed by atoms with E-state index in [-0.39, 0.29) is 0 Å². The molecule has 4 aromatic rings. The highest BCUT2D eigenvalue weighted by Gasteiger charge is 2.27. The highest BCUT2D eigenvalue weighted by Crippen LogP contribution is 2.35. The van der Waals surface area contributed by atoms with Crippen molar-refractivity contribution in [3.63, 3.8) is 0 Å². The summed E-state index contributed by atoms with van der Waals surface area (Å²) in [5, 5.41) is 11.0. The molecule has 8 nitrogen and oxygen atoms in total. The van der Waals surface area contributed by atoms with Gasteiger partial charge in [-0.05, 0) is 61.7 Å². The topological polar surface area (TPSA) is 88.7 Å². The van der Waals surface area contributed by atoms with Crippen LogP contribution < -0.4 is 19.7 Å². The molecule has 0 radical (unpaired) electrons. The number of carbonyl (C=O) groups is 1. The van der Waals surface area contributed by atoms with Crippen molar-refractivity contribution in [1.29, 1.82) is 0 Å². The normalized spacial score (nSPS) is 11.4. The molecule has 0 aliphatic carbocycles. The van der Waals surface area contributed by atoms with E-state index in [9.17, 15) is 4.79 Å². The number of rotatable bonds is 9. The van der Waals surface area contributed by atoms with Gasteiger partial charge in [0.15, 0.2) is 5.82 Å². The van der Waals surface area contributed by atoms with Gasteiger partial charge in [0.2, 0.25) is 0 Å². The van der Waals surface area contributed by atoms with Crippen LogP contribution in [-0.2, 0) is 11.3 Å². The van der Waals surface area contributed by atoms with E-state index in [1.807, 2.05) is 93.6 Å². The maximum absolute atomic E-state index is 13.3. The Hall–Kier alpha value is -4.30. The van der Waals surface area contributed by atoms with Gasteiger partial charge < -0.3 is 19.5 Å². The Bertz CT molecular complexity index is 1420. The fourth-order valence-corrected chi connectivity index (χ4v) is 4.16. The Balaban J connectivity index is 1.62. The lowest BCUT2D eigenvalue weighted by atomic mass is 10.0. The molecule has 0 unspecified atom stereocenters. The summed E-state index contributed by atoms with van der Waals surface area (Å²) in [6.45, 7) is 10.5. The fourth-order valence-electron chi connectivity index (χ4n) is 4.16. The van der Waals surface area contributed by atoms with E-state index in [0.717, 1.165) is 46.0 Å². The van der Waals surface area contributed by atoms with E-state index in [1.165, 1.54) is 4.90 Å². The van der Waals surface area contributed by atoms with Crippen LogP contribution in [0.3, 0.4) is 0 Å². The molecule has 0 aliphatic heterocycles. The van der Waals surface area contributed by atoms with Gasteiger partial charge in [0.05, 0.1) is 25.6 Å². The second-order valence-corrected chi connectivity index (χ2v) is 10.8. The van der Waals surface area contributed by atoms with Gasteiger partial charge in [0.25, 0.3) is 0 Å². The van der Waals surface area contributed by atoms with Crippen LogP contribution in [0.25, 0.3) is 22.4 Å². The third-order valence-electron chi connectivity index (χ3n) is 6.19. The summed E-state index contributed by atoms with van der Waals surface area (Å²) in [7, 11) is 3.28. The predicted molar refractivity (Wildman–Crippen MR) is 159 cm³/mol. The van der Waals surface area contributed by atoms with Gasteiger partial charge in [0, 0.05) is 30.3 Å². The van der Waals surface area contributed by atoms with Crippen LogP contribution in [-0.4, -0.2) is 42.2 Å². The van der Waals surface area contributed by atoms with E-state index in [1.54, 1.807) is 14.2 Å². The van der Waals surface area contributed by atoms with Gasteiger partial charge in [-0.2, -0.15) is 5.10 Å². The molecular formula is C32H38N4O4. The van der Waals surface area contributed by atoms with Crippen molar-refractivity contribution in [3.8, 4) is 33.9 Å². The van der Waals surface area contributed by atoms with Crippen LogP contribution in [0.5, 0.6) is 11.5 Å². The van der Waals surface area contributed by atoms with Crippen LogP contribution in [0.15, 0.2) is 72.8 Å². The van der Waals surface area contributed by atoms with Crippen molar-refractivity contribution in [1.82, 2.24) is 15.5 Å². The van der Waals surface area contributed by atoms with Crippen molar-refractivity contribution in [2.75, 3.05) is 19.1 Å². The fraction of sp³-hybridized carbons (Fsp3) is 0.312. The SMILES string of the molecule is COc1ccc(-c2ccc(-c3cc(N(C(=O)OC(C)(C)C)c4ccc(CNC(C)C)cc4)n[nH]3)cc2)c(OC)c1. The predicted octanol–water partition coefficient (Wildman–Crippen LogP) is 7.33. The van der Waals surface area contributed by atoms with Gasteiger partial charge in [-0.25, -0.2) is 9.69 Å². The third kappa shape index (κ3) is 7.01. The monoisotopic (exact) mass is 542 g/mol. The molecule has 0 bridgehead atoms. The van der Waals surface area contributed by atoms with Crippen LogP contribution in [0.4, 0.5) is 16.3 Å². The molecule has 0 spiro atoms. The molecule has 210 valence electrons. The Labute approximate surface area is 236 Å². The molecule has 0 saturated heterocycles. The Morgan fingerprint density at radius 3 is 2.20 bits per heavy atom. The zero-order valence-corrected chi connectivity index (χ0v) is 24.2. The van der Waals surface area contributed by atoms with Crippen LogP contribution in [0.2, 0.25) is 0 Å². The number of aromatic nitrogens is 2. The summed E-state index contributed by atoms with van der Waals surface area (Å²) in [5.74, 6) is 1.91. The number of amides is 1. The summed E-state index contributed by atoms with van der Waals surface area (Å²) in [6.07, 6.45) is -0.499. The number of methoxy groups -OCH3 is 2. The molecule has 2 N–H and O–H groups in total. The third-order valence-corrected chi connectivity index (χ3v) is 6.19. The van der Waals surface area contributed by atoms with Gasteiger partial charge in [0.1, 0.15) is 17.1 Å². The van der Waals surface area contributed by atoms with Crippen LogP contribution in [0.1, 0.15) is 40.2 Å². The molecule has 1 amide bonds. The van der Waals surface area contributed by atoms with Crippen molar-refractivity contribution in [3.05, 3.63) is 78.4 Å². The van der Waals surface area contributed by atoms with Crippen molar-refractivity contribution in [2.45, 2.75) is 52.8 Å². The minimum Gasteiger partial charge on any atom is -0.497 e. The average molecular weight is 543 g/mol. The van der Waals surface area contributed by atoms with Gasteiger partial charge >= 0.3 is 6.09 Å². The van der Waals surface area contributed by atoms with Crippen molar-refractivity contribution >= 4 is 17.6 Å². The molecule has 0 saturated carbocycles. The Kier molecular flexibility index (Phi) is 8.80. The molecule has 0 fully saturated rings. The second-order valence-electron chi connectivity index (χ2n) is 10.8. The van der Waals surface area contributed by atoms with Gasteiger partial charge in [-0.15, -0.1) is 0 Å². The maximum atomic E-state index is 13.3. The molecule has 0 aliphatic rings. The first-order chi connectivity index (χ1) is 19.1. The maximum Gasteiger partial charge on any atom is 0.420 e. The number of hydrogen-bond acceptors (Lipinski definition) is 6. The average Bonchev–Trinajstić information content (AvgIpc) is 3.41. The van der Waals surface area contributed by atoms with Gasteiger partial charge in [-0.1, -0.05) is 50.2 Å². The van der Waals surface area contributed by atoms with Crippen molar-refractivity contribution < 1.29 is 19.0 Å². The number of aromatic amines is 1. The minimum atomic E-state index is -0.659. The molecule has 0 atom stereocenters. The largest absolute Gasteiger partial charge is 0.497 e. The summed E-state index contributed by atoms with van der Waals surface area (Å²) < 4.78 is 16.6. The number of nitrogens with zero attached hydrogens (tertiary/aromatic N) is 2. The molecule has 1 heterocycles. The lowest BCUT2D eigenvalue weighted by molar-refractivity contribution is 0.0598. The summed E-state index contributed by atoms with van der Waals surface area (Å²) in [5.41, 5.74) is 4.80. The molecule has 8 heteroatoms. The first kappa shape index (κ1) is 28.7. The van der Waals surface area contributed by atoms with Crippen molar-refractivity contribution in [2.24, 2.45) is 0 Å². The minimum absolute atomic E-state index is 0.382.